The number of nitrogens with two attached hydrogens (primary N) is 1. The quantitative estimate of drug-likeness (QED) is 0.736. The number of carbonyl (C=O) groups excluding carboxylic acids is 1. The van der Waals surface area contributed by atoms with E-state index in [2.05, 4.69) is 23.2 Å². The van der Waals surface area contributed by atoms with E-state index in [9.17, 15) is 4.79 Å². The molecule has 0 radical (unpaired) electrons. The van der Waals surface area contributed by atoms with Gasteiger partial charge in [-0.15, -0.1) is 0 Å². The number of rotatable bonds is 6. The summed E-state index contributed by atoms with van der Waals surface area (Å²) in [4.78, 5) is 14.3. The lowest BCUT2D eigenvalue weighted by molar-refractivity contribution is -0.122. The Morgan fingerprint density at radius 1 is 1.48 bits per heavy atom. The van der Waals surface area contributed by atoms with E-state index in [1.54, 1.807) is 0 Å². The Kier molecular flexibility index (Phi) is 6.71. The van der Waals surface area contributed by atoms with Crippen LogP contribution in [0.4, 0.5) is 0 Å². The van der Waals surface area contributed by atoms with E-state index in [0.717, 1.165) is 39.0 Å². The summed E-state index contributed by atoms with van der Waals surface area (Å²) < 4.78 is 0. The number of allylic oxidation sites excluding steroid dienone is 1. The summed E-state index contributed by atoms with van der Waals surface area (Å²) in [5, 5.41) is 3.07. The van der Waals surface area contributed by atoms with Crippen molar-refractivity contribution in [1.29, 1.82) is 0 Å². The summed E-state index contributed by atoms with van der Waals surface area (Å²) in [7, 11) is 0. The molecule has 1 amide bonds. The van der Waals surface area contributed by atoms with E-state index in [1.165, 1.54) is 31.3 Å². The fourth-order valence-corrected chi connectivity index (χ4v) is 3.43. The van der Waals surface area contributed by atoms with Crippen molar-refractivity contribution in [2.45, 2.75) is 45.4 Å². The number of carbonyl (C=O) groups is 1. The highest BCUT2D eigenvalue weighted by atomic mass is 16.2. The van der Waals surface area contributed by atoms with Crippen LogP contribution in [0.2, 0.25) is 0 Å². The second kappa shape index (κ2) is 8.54. The van der Waals surface area contributed by atoms with Gasteiger partial charge in [0.2, 0.25) is 5.91 Å². The predicted octanol–water partition coefficient (Wildman–Crippen LogP) is 1.91. The van der Waals surface area contributed by atoms with Crippen LogP contribution in [0.3, 0.4) is 0 Å². The van der Waals surface area contributed by atoms with Crippen LogP contribution in [0.15, 0.2) is 11.6 Å². The maximum absolute atomic E-state index is 12.0. The second-order valence-corrected chi connectivity index (χ2v) is 6.70. The van der Waals surface area contributed by atoms with E-state index in [4.69, 9.17) is 5.73 Å². The highest BCUT2D eigenvalue weighted by Gasteiger charge is 2.25. The molecule has 2 atom stereocenters. The van der Waals surface area contributed by atoms with E-state index in [-0.39, 0.29) is 5.91 Å². The zero-order valence-corrected chi connectivity index (χ0v) is 13.4. The van der Waals surface area contributed by atoms with Gasteiger partial charge in [0.15, 0.2) is 0 Å². The normalized spacial score (nSPS) is 27.2. The molecule has 1 heterocycles. The molecule has 0 spiro atoms. The fraction of sp³-hybridized carbons (Fsp3) is 0.824. The molecule has 21 heavy (non-hydrogen) atoms. The summed E-state index contributed by atoms with van der Waals surface area (Å²) >= 11 is 0. The van der Waals surface area contributed by atoms with Crippen molar-refractivity contribution in [1.82, 2.24) is 10.2 Å². The summed E-state index contributed by atoms with van der Waals surface area (Å²) in [6.45, 7) is 6.31. The zero-order chi connectivity index (χ0) is 15.1. The maximum atomic E-state index is 12.0. The summed E-state index contributed by atoms with van der Waals surface area (Å²) in [5.74, 6) is 1.39. The largest absolute Gasteiger partial charge is 0.355 e. The van der Waals surface area contributed by atoms with E-state index >= 15 is 0 Å². The molecule has 1 fully saturated rings. The Morgan fingerprint density at radius 2 is 2.33 bits per heavy atom. The smallest absolute Gasteiger partial charge is 0.234 e. The third kappa shape index (κ3) is 5.44. The van der Waals surface area contributed by atoms with Crippen LogP contribution in [-0.2, 0) is 4.79 Å². The predicted molar refractivity (Wildman–Crippen MR) is 86.9 cm³/mol. The molecule has 4 heteroatoms. The lowest BCUT2D eigenvalue weighted by Crippen LogP contribution is -2.46. The molecule has 1 saturated heterocycles. The van der Waals surface area contributed by atoms with E-state index in [1.807, 2.05) is 0 Å². The minimum absolute atomic E-state index is 0.164. The van der Waals surface area contributed by atoms with Crippen LogP contribution < -0.4 is 11.1 Å². The second-order valence-electron chi connectivity index (χ2n) is 6.70. The van der Waals surface area contributed by atoms with Crippen molar-refractivity contribution >= 4 is 5.91 Å². The van der Waals surface area contributed by atoms with Crippen LogP contribution in [0, 0.1) is 11.8 Å². The average Bonchev–Trinajstić information content (AvgIpc) is 2.50. The van der Waals surface area contributed by atoms with Crippen molar-refractivity contribution in [3.63, 3.8) is 0 Å². The van der Waals surface area contributed by atoms with Gasteiger partial charge in [0.1, 0.15) is 0 Å². The molecule has 4 nitrogen and oxygen atoms in total. The molecule has 1 aliphatic carbocycles. The maximum Gasteiger partial charge on any atom is 0.234 e. The summed E-state index contributed by atoms with van der Waals surface area (Å²) in [5.41, 5.74) is 7.34. The number of nitrogens with zero attached hydrogens (tertiary/aromatic N) is 1. The molecule has 2 aliphatic rings. The molecule has 2 unspecified atom stereocenters. The van der Waals surface area contributed by atoms with Gasteiger partial charge < -0.3 is 11.1 Å². The molecule has 0 bridgehead atoms. The highest BCUT2D eigenvalue weighted by Crippen LogP contribution is 2.22. The first-order valence-electron chi connectivity index (χ1n) is 8.56. The molecule has 1 aliphatic heterocycles. The van der Waals surface area contributed by atoms with Gasteiger partial charge in [-0.25, -0.2) is 0 Å². The van der Waals surface area contributed by atoms with E-state index < -0.39 is 0 Å². The van der Waals surface area contributed by atoms with Crippen LogP contribution in [-0.4, -0.2) is 43.5 Å². The van der Waals surface area contributed by atoms with Gasteiger partial charge in [-0.2, -0.15) is 0 Å². The van der Waals surface area contributed by atoms with E-state index in [0.29, 0.717) is 18.4 Å². The average molecular weight is 293 g/mol. The lowest BCUT2D eigenvalue weighted by Gasteiger charge is -2.36. The number of piperidine rings is 1. The SMILES string of the molecule is CC1CCN(CC(=O)NCCC2=CCCCC2)CC1CN. The van der Waals surface area contributed by atoms with Crippen molar-refractivity contribution in [2.75, 3.05) is 32.7 Å². The Balaban J connectivity index is 1.64. The van der Waals surface area contributed by atoms with Crippen LogP contribution in [0.5, 0.6) is 0 Å². The monoisotopic (exact) mass is 293 g/mol. The fourth-order valence-electron chi connectivity index (χ4n) is 3.43. The molecule has 120 valence electrons. The molecular formula is C17H31N3O. The third-order valence-electron chi connectivity index (χ3n) is 5.02. The molecule has 0 aromatic heterocycles. The number of hydrogen-bond donors (Lipinski definition) is 2. The van der Waals surface area contributed by atoms with Crippen LogP contribution >= 0.6 is 0 Å². The molecule has 3 N–H and O–H groups in total. The molecule has 0 saturated carbocycles. The van der Waals surface area contributed by atoms with Gasteiger partial charge in [-0.05, 0) is 63.5 Å². The number of hydrogen-bond acceptors (Lipinski definition) is 3. The molecule has 2 rings (SSSR count). The van der Waals surface area contributed by atoms with Gasteiger partial charge in [0, 0.05) is 13.1 Å². The Hall–Kier alpha value is -0.870. The Bertz CT molecular complexity index is 367. The van der Waals surface area contributed by atoms with Gasteiger partial charge >= 0.3 is 0 Å². The first kappa shape index (κ1) is 16.5. The number of nitrogens with one attached hydrogen (secondary N) is 1. The van der Waals surface area contributed by atoms with Crippen LogP contribution in [0.25, 0.3) is 0 Å². The van der Waals surface area contributed by atoms with Gasteiger partial charge in [0.05, 0.1) is 6.54 Å². The third-order valence-corrected chi connectivity index (χ3v) is 5.02. The first-order valence-corrected chi connectivity index (χ1v) is 8.56. The Morgan fingerprint density at radius 3 is 3.05 bits per heavy atom. The number of likely N-dealkylation sites (tertiary alicyclic amines) is 1. The van der Waals surface area contributed by atoms with Gasteiger partial charge in [-0.3, -0.25) is 9.69 Å². The standard InChI is InChI=1S/C17H31N3O/c1-14-8-10-20(12-16(14)11-18)13-17(21)19-9-7-15-5-3-2-4-6-15/h5,14,16H,2-4,6-13,18H2,1H3,(H,19,21). The Labute approximate surface area is 129 Å². The summed E-state index contributed by atoms with van der Waals surface area (Å²) in [6.07, 6.45) is 9.61. The number of amides is 1. The van der Waals surface area contributed by atoms with Crippen molar-refractivity contribution in [2.24, 2.45) is 17.6 Å². The topological polar surface area (TPSA) is 58.4 Å². The summed E-state index contributed by atoms with van der Waals surface area (Å²) in [6, 6.07) is 0. The van der Waals surface area contributed by atoms with Crippen molar-refractivity contribution < 1.29 is 4.79 Å². The minimum atomic E-state index is 0.164. The molecule has 0 aromatic rings. The molecular weight excluding hydrogens is 262 g/mol. The van der Waals surface area contributed by atoms with Crippen LogP contribution in [0.1, 0.15) is 45.4 Å². The van der Waals surface area contributed by atoms with Crippen molar-refractivity contribution in [3.05, 3.63) is 11.6 Å². The molecule has 0 aromatic carbocycles. The highest BCUT2D eigenvalue weighted by molar-refractivity contribution is 5.78. The lowest BCUT2D eigenvalue weighted by atomic mass is 9.87. The zero-order valence-electron chi connectivity index (χ0n) is 13.4. The minimum Gasteiger partial charge on any atom is -0.355 e. The van der Waals surface area contributed by atoms with Gasteiger partial charge in [-0.1, -0.05) is 18.6 Å². The van der Waals surface area contributed by atoms with Gasteiger partial charge in [0.25, 0.3) is 0 Å². The van der Waals surface area contributed by atoms with Crippen molar-refractivity contribution in [3.8, 4) is 0 Å². The first-order chi connectivity index (χ1) is 10.2.